The van der Waals surface area contributed by atoms with Gasteiger partial charge in [0.05, 0.1) is 0 Å². The van der Waals surface area contributed by atoms with Crippen LogP contribution in [-0.4, -0.2) is 46.6 Å². The molecule has 0 aliphatic carbocycles. The maximum absolute atomic E-state index is 12.0. The summed E-state index contributed by atoms with van der Waals surface area (Å²) < 4.78 is 8.02. The first kappa shape index (κ1) is 24.7. The van der Waals surface area contributed by atoms with Crippen LogP contribution < -0.4 is 0 Å². The molecule has 0 aromatic carbocycles. The quantitative estimate of drug-likeness (QED) is 0.285. The molecule has 1 rings (SSSR count). The Balaban J connectivity index is 3.37. The molecule has 1 saturated heterocycles. The van der Waals surface area contributed by atoms with Crippen LogP contribution in [0.15, 0.2) is 0 Å². The molecule has 1 heterocycles. The van der Waals surface area contributed by atoms with Gasteiger partial charge in [-0.1, -0.05) is 0 Å². The van der Waals surface area contributed by atoms with Crippen molar-refractivity contribution >= 4 is 24.5 Å². The molecule has 0 bridgehead atoms. The van der Waals surface area contributed by atoms with Crippen molar-refractivity contribution in [1.29, 1.82) is 0 Å². The second-order valence-electron chi connectivity index (χ2n) is 9.49. The summed E-state index contributed by atoms with van der Waals surface area (Å²) in [4.78, 5) is 13.6. The molecule has 3 nitrogen and oxygen atoms in total. The summed E-state index contributed by atoms with van der Waals surface area (Å²) in [6.07, 6.45) is 8.62. The van der Waals surface area contributed by atoms with Crippen molar-refractivity contribution < 1.29 is 9.90 Å². The molecule has 0 spiro atoms. The van der Waals surface area contributed by atoms with Gasteiger partial charge in [0.25, 0.3) is 0 Å². The van der Waals surface area contributed by atoms with E-state index in [2.05, 4.69) is 51.4 Å². The third kappa shape index (κ3) is 6.31. The molecule has 27 heavy (non-hydrogen) atoms. The van der Waals surface area contributed by atoms with Gasteiger partial charge in [-0.25, -0.2) is 0 Å². The van der Waals surface area contributed by atoms with Crippen LogP contribution in [0, 0.1) is 15.3 Å². The van der Waals surface area contributed by atoms with Gasteiger partial charge in [-0.15, -0.1) is 0 Å². The number of carboxylic acid groups (broad SMARTS) is 1. The molecular weight excluding hydrogens is 441 g/mol. The zero-order valence-electron chi connectivity index (χ0n) is 18.8. The number of rotatable bonds is 9. The van der Waals surface area contributed by atoms with Gasteiger partial charge in [-0.05, 0) is 0 Å². The van der Waals surface area contributed by atoms with E-state index in [1.807, 2.05) is 0 Å². The molecule has 1 amide bonds. The van der Waals surface area contributed by atoms with E-state index >= 15 is 0 Å². The Morgan fingerprint density at radius 3 is 1.89 bits per heavy atom. The molecule has 1 aliphatic heterocycles. The standard InChI is InChI=1S/C11H16NO2.3C4H9.Sn/c1-5-11(10(2,3)4)7-6-8-12(11)9(13)14;3*1-3-4-2;/h6-8H2,2-4H3,(H,13,14);3*1,3-4H2,2H3;/t11-;;;;/m0..../s1. The molecule has 1 N–H and O–H groups in total. The molecular formula is C23H43NO2Sn. The van der Waals surface area contributed by atoms with Crippen LogP contribution in [0.1, 0.15) is 92.9 Å². The molecule has 1 aliphatic rings. The van der Waals surface area contributed by atoms with E-state index in [-0.39, 0.29) is 5.41 Å². The Bertz CT molecular complexity index is 507. The third-order valence-electron chi connectivity index (χ3n) is 6.41. The second kappa shape index (κ2) is 11.0. The van der Waals surface area contributed by atoms with Gasteiger partial charge in [0.15, 0.2) is 0 Å². The average molecular weight is 484 g/mol. The van der Waals surface area contributed by atoms with E-state index in [0.29, 0.717) is 6.54 Å². The maximum atomic E-state index is 12.0. The Labute approximate surface area is 172 Å². The predicted molar refractivity (Wildman–Crippen MR) is 119 cm³/mol. The van der Waals surface area contributed by atoms with Crippen molar-refractivity contribution in [3.05, 3.63) is 0 Å². The summed E-state index contributed by atoms with van der Waals surface area (Å²) in [5.41, 5.74) is -0.668. The molecule has 156 valence electrons. The van der Waals surface area contributed by atoms with Gasteiger partial charge in [-0.2, -0.15) is 0 Å². The van der Waals surface area contributed by atoms with Crippen molar-refractivity contribution in [1.82, 2.24) is 4.90 Å². The number of nitrogens with zero attached hydrogens (tertiary/aromatic N) is 1. The van der Waals surface area contributed by atoms with Gasteiger partial charge in [0.1, 0.15) is 0 Å². The number of likely N-dealkylation sites (tertiary alicyclic amines) is 1. The first-order valence-electron chi connectivity index (χ1n) is 11.2. The summed E-state index contributed by atoms with van der Waals surface area (Å²) in [7, 11) is 0. The molecule has 0 aromatic heterocycles. The van der Waals surface area contributed by atoms with Crippen LogP contribution in [0.2, 0.25) is 13.3 Å². The van der Waals surface area contributed by atoms with E-state index in [9.17, 15) is 9.90 Å². The fraction of sp³-hybridized carbons (Fsp3) is 0.870. The van der Waals surface area contributed by atoms with E-state index in [1.54, 1.807) is 4.90 Å². The number of amides is 1. The van der Waals surface area contributed by atoms with Crippen molar-refractivity contribution in [2.24, 2.45) is 5.41 Å². The fourth-order valence-electron chi connectivity index (χ4n) is 4.52. The first-order valence-corrected chi connectivity index (χ1v) is 18.7. The Morgan fingerprint density at radius 2 is 1.52 bits per heavy atom. The number of unbranched alkanes of at least 4 members (excludes halogenated alkanes) is 3. The molecule has 0 saturated carbocycles. The summed E-state index contributed by atoms with van der Waals surface area (Å²) >= 11 is -2.59. The summed E-state index contributed by atoms with van der Waals surface area (Å²) in [6.45, 7) is 14.0. The normalized spacial score (nSPS) is 20.4. The van der Waals surface area contributed by atoms with Crippen molar-refractivity contribution in [2.45, 2.75) is 112 Å². The van der Waals surface area contributed by atoms with Crippen LogP contribution in [0.25, 0.3) is 0 Å². The fourth-order valence-corrected chi connectivity index (χ4v) is 17.9. The summed E-state index contributed by atoms with van der Waals surface area (Å²) in [6, 6.07) is 0. The zero-order valence-corrected chi connectivity index (χ0v) is 21.6. The number of hydrogen-bond acceptors (Lipinski definition) is 1. The van der Waals surface area contributed by atoms with Crippen LogP contribution >= 0.6 is 0 Å². The van der Waals surface area contributed by atoms with E-state index in [4.69, 9.17) is 0 Å². The second-order valence-corrected chi connectivity index (χ2v) is 21.8. The number of carbonyl (C=O) groups is 1. The number of hydrogen-bond donors (Lipinski definition) is 1. The monoisotopic (exact) mass is 485 g/mol. The van der Waals surface area contributed by atoms with Gasteiger partial charge in [0, 0.05) is 0 Å². The SMILES string of the molecule is CCC[CH2][Sn]([C]#C[C@@]1(C(C)(C)C)CCCN1C(=O)O)([CH2]CCC)[CH2]CCC. The van der Waals surface area contributed by atoms with Crippen LogP contribution in [0.4, 0.5) is 4.79 Å². The average Bonchev–Trinajstić information content (AvgIpc) is 3.06. The summed E-state index contributed by atoms with van der Waals surface area (Å²) in [5, 5.41) is 9.84. The van der Waals surface area contributed by atoms with Crippen molar-refractivity contribution in [3.8, 4) is 9.86 Å². The molecule has 0 unspecified atom stereocenters. The van der Waals surface area contributed by atoms with Gasteiger partial charge in [-0.3, -0.25) is 0 Å². The minimum absolute atomic E-state index is 0.160. The molecule has 1 atom stereocenters. The molecule has 0 radical (unpaired) electrons. The Kier molecular flexibility index (Phi) is 10.0. The topological polar surface area (TPSA) is 40.5 Å². The van der Waals surface area contributed by atoms with Gasteiger partial charge < -0.3 is 0 Å². The minimum atomic E-state index is -2.59. The van der Waals surface area contributed by atoms with E-state index < -0.39 is 30.0 Å². The third-order valence-corrected chi connectivity index (χ3v) is 19.5. The molecule has 4 heteroatoms. The van der Waals surface area contributed by atoms with Crippen molar-refractivity contribution in [3.63, 3.8) is 0 Å². The van der Waals surface area contributed by atoms with Crippen LogP contribution in [0.5, 0.6) is 0 Å². The van der Waals surface area contributed by atoms with E-state index in [1.165, 1.54) is 51.8 Å². The predicted octanol–water partition coefficient (Wildman–Crippen LogP) is 6.94. The van der Waals surface area contributed by atoms with Crippen LogP contribution in [-0.2, 0) is 0 Å². The zero-order chi connectivity index (χ0) is 20.6. The Hall–Kier alpha value is -0.371. The first-order chi connectivity index (χ1) is 12.7. The van der Waals surface area contributed by atoms with Crippen molar-refractivity contribution in [2.75, 3.05) is 6.54 Å². The van der Waals surface area contributed by atoms with Crippen LogP contribution in [0.3, 0.4) is 0 Å². The van der Waals surface area contributed by atoms with E-state index in [0.717, 1.165) is 12.8 Å². The summed E-state index contributed by atoms with van der Waals surface area (Å²) in [5.74, 6) is 3.72. The molecule has 0 aromatic rings. The van der Waals surface area contributed by atoms with Gasteiger partial charge >= 0.3 is 173 Å². The van der Waals surface area contributed by atoms with Gasteiger partial charge in [0.2, 0.25) is 0 Å². The Morgan fingerprint density at radius 1 is 1.04 bits per heavy atom. The molecule has 1 fully saturated rings.